The van der Waals surface area contributed by atoms with Gasteiger partial charge in [-0.05, 0) is 36.8 Å². The van der Waals surface area contributed by atoms with E-state index in [2.05, 4.69) is 29.0 Å². The zero-order chi connectivity index (χ0) is 19.7. The van der Waals surface area contributed by atoms with Crippen molar-refractivity contribution in [2.75, 3.05) is 31.2 Å². The van der Waals surface area contributed by atoms with Crippen LogP contribution in [-0.4, -0.2) is 42.2 Å². The summed E-state index contributed by atoms with van der Waals surface area (Å²) in [4.78, 5) is 24.6. The van der Waals surface area contributed by atoms with Crippen LogP contribution in [0.1, 0.15) is 53.5 Å². The van der Waals surface area contributed by atoms with Gasteiger partial charge in [-0.15, -0.1) is 0 Å². The van der Waals surface area contributed by atoms with Gasteiger partial charge in [0, 0.05) is 30.4 Å². The van der Waals surface area contributed by atoms with E-state index in [4.69, 9.17) is 9.72 Å². The zero-order valence-electron chi connectivity index (χ0n) is 16.9. The van der Waals surface area contributed by atoms with Crippen LogP contribution >= 0.6 is 0 Å². The maximum Gasteiger partial charge on any atom is 0.252 e. The molecule has 4 rings (SSSR count). The number of hydrogen-bond acceptors (Lipinski definition) is 5. The monoisotopic (exact) mass is 380 g/mol. The Hall–Kier alpha value is -2.47. The van der Waals surface area contributed by atoms with Gasteiger partial charge in [-0.25, -0.2) is 9.97 Å². The molecule has 1 amide bonds. The van der Waals surface area contributed by atoms with E-state index in [1.807, 2.05) is 37.4 Å². The molecule has 1 aromatic heterocycles. The molecule has 1 unspecified atom stereocenters. The van der Waals surface area contributed by atoms with Crippen LogP contribution in [0.2, 0.25) is 0 Å². The maximum absolute atomic E-state index is 12.9. The lowest BCUT2D eigenvalue weighted by Crippen LogP contribution is -2.39. The second kappa shape index (κ2) is 7.51. The first-order valence-electron chi connectivity index (χ1n) is 9.98. The molecule has 0 spiro atoms. The van der Waals surface area contributed by atoms with Gasteiger partial charge in [0.1, 0.15) is 0 Å². The second-order valence-corrected chi connectivity index (χ2v) is 8.56. The quantitative estimate of drug-likeness (QED) is 0.886. The van der Waals surface area contributed by atoms with E-state index in [9.17, 15) is 4.79 Å². The van der Waals surface area contributed by atoms with Crippen LogP contribution in [0.3, 0.4) is 0 Å². The van der Waals surface area contributed by atoms with Crippen LogP contribution in [0.15, 0.2) is 30.5 Å². The van der Waals surface area contributed by atoms with Crippen molar-refractivity contribution < 1.29 is 9.53 Å². The molecule has 2 aromatic rings. The normalized spacial score (nSPS) is 21.1. The molecular weight excluding hydrogens is 352 g/mol. The van der Waals surface area contributed by atoms with Gasteiger partial charge in [0.15, 0.2) is 0 Å². The molecule has 1 aliphatic heterocycles. The average molecular weight is 380 g/mol. The van der Waals surface area contributed by atoms with E-state index in [0.29, 0.717) is 13.2 Å². The summed E-state index contributed by atoms with van der Waals surface area (Å²) in [6.45, 7) is 9.48. The summed E-state index contributed by atoms with van der Waals surface area (Å²) < 4.78 is 5.43. The molecule has 1 saturated heterocycles. The van der Waals surface area contributed by atoms with Crippen LogP contribution < -0.4 is 10.2 Å². The Bertz CT molecular complexity index is 875. The number of carbonyl (C=O) groups is 1. The third-order valence-electron chi connectivity index (χ3n) is 5.65. The Morgan fingerprint density at radius 3 is 2.75 bits per heavy atom. The summed E-state index contributed by atoms with van der Waals surface area (Å²) in [5, 5.41) is 3.23. The zero-order valence-corrected chi connectivity index (χ0v) is 16.9. The third-order valence-corrected chi connectivity index (χ3v) is 5.65. The molecule has 6 heteroatoms. The predicted molar refractivity (Wildman–Crippen MR) is 109 cm³/mol. The number of benzene rings is 1. The lowest BCUT2D eigenvalue weighted by atomic mass is 9.74. The number of aromatic nitrogens is 2. The smallest absolute Gasteiger partial charge is 0.252 e. The predicted octanol–water partition coefficient (Wildman–Crippen LogP) is 3.07. The molecule has 6 nitrogen and oxygen atoms in total. The Balaban J connectivity index is 1.61. The molecule has 2 aliphatic rings. The summed E-state index contributed by atoms with van der Waals surface area (Å²) in [6, 6.07) is 7.61. The molecule has 28 heavy (non-hydrogen) atoms. The molecule has 0 bridgehead atoms. The minimum absolute atomic E-state index is 0.0380. The van der Waals surface area contributed by atoms with Crippen LogP contribution in [0.5, 0.6) is 0 Å². The van der Waals surface area contributed by atoms with E-state index in [1.165, 1.54) is 0 Å². The fourth-order valence-electron chi connectivity index (χ4n) is 4.14. The molecule has 148 valence electrons. The molecule has 1 N–H and O–H groups in total. The summed E-state index contributed by atoms with van der Waals surface area (Å²) in [5.74, 6) is 0.729. The minimum atomic E-state index is -0.0791. The van der Waals surface area contributed by atoms with Gasteiger partial charge in [-0.1, -0.05) is 32.0 Å². The van der Waals surface area contributed by atoms with Crippen LogP contribution in [0, 0.1) is 12.3 Å². The van der Waals surface area contributed by atoms with Crippen molar-refractivity contribution in [3.63, 3.8) is 0 Å². The molecule has 1 aromatic carbocycles. The van der Waals surface area contributed by atoms with Gasteiger partial charge in [0.25, 0.3) is 5.91 Å². The number of carbonyl (C=O) groups excluding carboxylic acids is 1. The first-order valence-corrected chi connectivity index (χ1v) is 9.98. The van der Waals surface area contributed by atoms with Gasteiger partial charge in [0.2, 0.25) is 5.95 Å². The van der Waals surface area contributed by atoms with Crippen molar-refractivity contribution in [1.82, 2.24) is 15.3 Å². The van der Waals surface area contributed by atoms with Crippen molar-refractivity contribution in [2.24, 2.45) is 5.41 Å². The van der Waals surface area contributed by atoms with E-state index in [1.54, 1.807) is 0 Å². The largest absolute Gasteiger partial charge is 0.378 e. The number of rotatable bonds is 3. The van der Waals surface area contributed by atoms with Gasteiger partial charge in [-0.2, -0.15) is 0 Å². The molecule has 1 atom stereocenters. The Morgan fingerprint density at radius 1 is 1.25 bits per heavy atom. The highest BCUT2D eigenvalue weighted by Crippen LogP contribution is 2.40. The van der Waals surface area contributed by atoms with E-state index in [0.717, 1.165) is 54.3 Å². The van der Waals surface area contributed by atoms with Gasteiger partial charge in [0.05, 0.1) is 24.9 Å². The third kappa shape index (κ3) is 3.87. The molecule has 1 fully saturated rings. The van der Waals surface area contributed by atoms with Crippen molar-refractivity contribution in [3.05, 3.63) is 52.8 Å². The molecule has 0 radical (unpaired) electrons. The fourth-order valence-corrected chi connectivity index (χ4v) is 4.14. The number of fused-ring (bicyclic) bond motifs is 1. The van der Waals surface area contributed by atoms with Crippen molar-refractivity contribution in [3.8, 4) is 0 Å². The maximum atomic E-state index is 12.9. The van der Waals surface area contributed by atoms with Gasteiger partial charge >= 0.3 is 0 Å². The molecular formula is C22H28N4O2. The summed E-state index contributed by atoms with van der Waals surface area (Å²) >= 11 is 0. The van der Waals surface area contributed by atoms with E-state index < -0.39 is 0 Å². The second-order valence-electron chi connectivity index (χ2n) is 8.56. The van der Waals surface area contributed by atoms with Crippen LogP contribution in [0.4, 0.5) is 5.95 Å². The summed E-state index contributed by atoms with van der Waals surface area (Å²) in [5.41, 5.74) is 3.85. The first-order chi connectivity index (χ1) is 13.4. The molecule has 2 heterocycles. The lowest BCUT2D eigenvalue weighted by molar-refractivity contribution is 0.0918. The SMILES string of the molecule is Cc1ccccc1C(=O)NC1CC(C)(C)Cc2nc(N3CCOCC3)ncc21. The highest BCUT2D eigenvalue weighted by atomic mass is 16.5. The number of amides is 1. The minimum Gasteiger partial charge on any atom is -0.378 e. The summed E-state index contributed by atoms with van der Waals surface area (Å²) in [6.07, 6.45) is 3.67. The summed E-state index contributed by atoms with van der Waals surface area (Å²) in [7, 11) is 0. The van der Waals surface area contributed by atoms with E-state index >= 15 is 0 Å². The number of ether oxygens (including phenoxy) is 1. The van der Waals surface area contributed by atoms with E-state index in [-0.39, 0.29) is 17.4 Å². The number of aryl methyl sites for hydroxylation is 1. The van der Waals surface area contributed by atoms with Gasteiger partial charge < -0.3 is 15.0 Å². The first kappa shape index (κ1) is 18.9. The Labute approximate surface area is 166 Å². The Kier molecular flexibility index (Phi) is 5.06. The van der Waals surface area contributed by atoms with Crippen molar-refractivity contribution in [1.29, 1.82) is 0 Å². The molecule has 1 aliphatic carbocycles. The number of hydrogen-bond donors (Lipinski definition) is 1. The standard InChI is InChI=1S/C22H28N4O2/c1-15-6-4-5-7-16(15)20(27)24-18-12-22(2,3)13-19-17(18)14-23-21(25-19)26-8-10-28-11-9-26/h4-7,14,18H,8-13H2,1-3H3,(H,24,27). The number of nitrogens with one attached hydrogen (secondary N) is 1. The highest BCUT2D eigenvalue weighted by molar-refractivity contribution is 5.95. The van der Waals surface area contributed by atoms with Crippen molar-refractivity contribution >= 4 is 11.9 Å². The topological polar surface area (TPSA) is 67.4 Å². The van der Waals surface area contributed by atoms with Gasteiger partial charge in [-0.3, -0.25) is 4.79 Å². The van der Waals surface area contributed by atoms with Crippen LogP contribution in [-0.2, 0) is 11.2 Å². The fraction of sp³-hybridized carbons (Fsp3) is 0.500. The lowest BCUT2D eigenvalue weighted by Gasteiger charge is -2.37. The average Bonchev–Trinajstić information content (AvgIpc) is 2.67. The number of nitrogens with zero attached hydrogens (tertiary/aromatic N) is 3. The number of morpholine rings is 1. The highest BCUT2D eigenvalue weighted by Gasteiger charge is 2.35. The van der Waals surface area contributed by atoms with Crippen LogP contribution in [0.25, 0.3) is 0 Å². The van der Waals surface area contributed by atoms with Crippen molar-refractivity contribution in [2.45, 2.75) is 39.7 Å². The molecule has 0 saturated carbocycles. The number of anilines is 1. The Morgan fingerprint density at radius 2 is 2.00 bits per heavy atom.